The monoisotopic (exact) mass is 264 g/mol. The van der Waals surface area contributed by atoms with E-state index in [1.54, 1.807) is 10.9 Å². The van der Waals surface area contributed by atoms with Gasteiger partial charge in [-0.2, -0.15) is 5.10 Å². The predicted octanol–water partition coefficient (Wildman–Crippen LogP) is 1.47. The molecule has 1 aliphatic carbocycles. The van der Waals surface area contributed by atoms with Gasteiger partial charge in [0.05, 0.1) is 6.20 Å². The van der Waals surface area contributed by atoms with Gasteiger partial charge in [-0.3, -0.25) is 9.48 Å². The number of nitrogens with one attached hydrogen (secondary N) is 1. The molecule has 5 nitrogen and oxygen atoms in total. The molecular weight excluding hydrogens is 240 g/mol. The number of hydrogen-bond donors (Lipinski definition) is 1. The summed E-state index contributed by atoms with van der Waals surface area (Å²) in [4.78, 5) is 14.5. The van der Waals surface area contributed by atoms with E-state index in [9.17, 15) is 4.79 Å². The Balaban J connectivity index is 2.07. The molecule has 1 saturated carbocycles. The summed E-state index contributed by atoms with van der Waals surface area (Å²) in [5.41, 5.74) is 0.928. The van der Waals surface area contributed by atoms with Crippen molar-refractivity contribution in [2.24, 2.45) is 7.05 Å². The van der Waals surface area contributed by atoms with Gasteiger partial charge in [-0.05, 0) is 19.9 Å². The molecule has 106 valence electrons. The summed E-state index contributed by atoms with van der Waals surface area (Å²) < 4.78 is 1.73. The van der Waals surface area contributed by atoms with Crippen LogP contribution in [0.4, 0.5) is 0 Å². The van der Waals surface area contributed by atoms with Crippen molar-refractivity contribution in [2.45, 2.75) is 44.2 Å². The third-order valence-electron chi connectivity index (χ3n) is 4.06. The lowest BCUT2D eigenvalue weighted by Gasteiger charge is -2.33. The molecule has 0 spiro atoms. The second-order valence-electron chi connectivity index (χ2n) is 5.41. The van der Waals surface area contributed by atoms with Crippen molar-refractivity contribution in [3.05, 3.63) is 18.0 Å². The minimum absolute atomic E-state index is 0.141. The van der Waals surface area contributed by atoms with Crippen LogP contribution in [0.1, 0.15) is 43.7 Å². The average Bonchev–Trinajstić information content (AvgIpc) is 2.86. The lowest BCUT2D eigenvalue weighted by molar-refractivity contribution is -0.134. The summed E-state index contributed by atoms with van der Waals surface area (Å²) in [6.45, 7) is 0. The Hall–Kier alpha value is -1.36. The Morgan fingerprint density at radius 2 is 2.16 bits per heavy atom. The van der Waals surface area contributed by atoms with Crippen molar-refractivity contribution < 1.29 is 4.79 Å². The fourth-order valence-electron chi connectivity index (χ4n) is 2.87. The number of amides is 1. The fourth-order valence-corrected chi connectivity index (χ4v) is 2.87. The summed E-state index contributed by atoms with van der Waals surface area (Å²) >= 11 is 0. The molecule has 0 saturated heterocycles. The van der Waals surface area contributed by atoms with Gasteiger partial charge in [-0.25, -0.2) is 0 Å². The highest BCUT2D eigenvalue weighted by Crippen LogP contribution is 2.24. The van der Waals surface area contributed by atoms with E-state index < -0.39 is 0 Å². The third kappa shape index (κ3) is 3.15. The number of likely N-dealkylation sites (N-methyl/N-ethyl adjacent to an activating group) is 2. The van der Waals surface area contributed by atoms with Crippen molar-refractivity contribution >= 4 is 5.91 Å². The van der Waals surface area contributed by atoms with Crippen molar-refractivity contribution in [1.82, 2.24) is 20.0 Å². The van der Waals surface area contributed by atoms with Crippen molar-refractivity contribution in [3.63, 3.8) is 0 Å². The van der Waals surface area contributed by atoms with Gasteiger partial charge in [0.2, 0.25) is 5.91 Å². The molecule has 0 bridgehead atoms. The molecule has 1 aromatic heterocycles. The third-order valence-corrected chi connectivity index (χ3v) is 4.06. The lowest BCUT2D eigenvalue weighted by atomic mass is 9.94. The molecule has 5 heteroatoms. The van der Waals surface area contributed by atoms with Crippen molar-refractivity contribution in [3.8, 4) is 0 Å². The van der Waals surface area contributed by atoms with Crippen LogP contribution in [0.5, 0.6) is 0 Å². The van der Waals surface area contributed by atoms with E-state index in [4.69, 9.17) is 0 Å². The largest absolute Gasteiger partial charge is 0.341 e. The SMILES string of the molecule is CNC(C(=O)N(C)C1CCCCC1)c1cnn(C)c1. The van der Waals surface area contributed by atoms with E-state index in [0.717, 1.165) is 18.4 Å². The molecule has 1 heterocycles. The van der Waals surface area contributed by atoms with Crippen LogP contribution in [0.2, 0.25) is 0 Å². The standard InChI is InChI=1S/C14H24N4O/c1-15-13(11-9-16-17(2)10-11)14(19)18(3)12-7-5-4-6-8-12/h9-10,12-13,15H,4-8H2,1-3H3. The summed E-state index contributed by atoms with van der Waals surface area (Å²) in [5.74, 6) is 0.141. The Bertz CT molecular complexity index is 423. The molecule has 1 atom stereocenters. The molecule has 1 amide bonds. The van der Waals surface area contributed by atoms with Gasteiger partial charge in [-0.15, -0.1) is 0 Å². The second-order valence-corrected chi connectivity index (χ2v) is 5.41. The van der Waals surface area contributed by atoms with E-state index in [-0.39, 0.29) is 11.9 Å². The smallest absolute Gasteiger partial charge is 0.244 e. The molecular formula is C14H24N4O. The highest BCUT2D eigenvalue weighted by atomic mass is 16.2. The Labute approximate surface area is 115 Å². The van der Waals surface area contributed by atoms with Crippen molar-refractivity contribution in [2.75, 3.05) is 14.1 Å². The van der Waals surface area contributed by atoms with Gasteiger partial charge in [0, 0.05) is 31.9 Å². The predicted molar refractivity (Wildman–Crippen MR) is 74.7 cm³/mol. The molecule has 1 aliphatic rings. The number of rotatable bonds is 4. The first-order chi connectivity index (χ1) is 9.13. The Kier molecular flexibility index (Phi) is 4.58. The zero-order valence-electron chi connectivity index (χ0n) is 12.1. The van der Waals surface area contributed by atoms with Crippen LogP contribution < -0.4 is 5.32 Å². The molecule has 1 unspecified atom stereocenters. The molecule has 0 radical (unpaired) electrons. The van der Waals surface area contributed by atoms with Crippen molar-refractivity contribution in [1.29, 1.82) is 0 Å². The number of aryl methyl sites for hydroxylation is 1. The molecule has 0 aliphatic heterocycles. The van der Waals surface area contributed by atoms with E-state index >= 15 is 0 Å². The first-order valence-corrected chi connectivity index (χ1v) is 7.06. The van der Waals surface area contributed by atoms with E-state index in [2.05, 4.69) is 10.4 Å². The highest BCUT2D eigenvalue weighted by Gasteiger charge is 2.28. The van der Waals surface area contributed by atoms with Gasteiger partial charge < -0.3 is 10.2 Å². The maximum absolute atomic E-state index is 12.6. The summed E-state index contributed by atoms with van der Waals surface area (Å²) in [6.07, 6.45) is 9.69. The first-order valence-electron chi connectivity index (χ1n) is 7.06. The minimum Gasteiger partial charge on any atom is -0.341 e. The number of hydrogen-bond acceptors (Lipinski definition) is 3. The van der Waals surface area contributed by atoms with E-state index in [1.165, 1.54) is 19.3 Å². The van der Waals surface area contributed by atoms with E-state index in [0.29, 0.717) is 6.04 Å². The quantitative estimate of drug-likeness (QED) is 0.896. The Morgan fingerprint density at radius 1 is 1.47 bits per heavy atom. The highest BCUT2D eigenvalue weighted by molar-refractivity contribution is 5.83. The van der Waals surface area contributed by atoms with Crippen LogP contribution >= 0.6 is 0 Å². The Morgan fingerprint density at radius 3 is 2.68 bits per heavy atom. The van der Waals surface area contributed by atoms with Gasteiger partial charge in [0.25, 0.3) is 0 Å². The van der Waals surface area contributed by atoms with Crippen LogP contribution in [0.25, 0.3) is 0 Å². The zero-order chi connectivity index (χ0) is 13.8. The van der Waals surface area contributed by atoms with Crippen LogP contribution in [-0.4, -0.2) is 40.7 Å². The molecule has 1 fully saturated rings. The second kappa shape index (κ2) is 6.19. The zero-order valence-corrected chi connectivity index (χ0v) is 12.1. The van der Waals surface area contributed by atoms with Gasteiger partial charge in [-0.1, -0.05) is 19.3 Å². The lowest BCUT2D eigenvalue weighted by Crippen LogP contribution is -2.44. The molecule has 0 aromatic carbocycles. The van der Waals surface area contributed by atoms with Gasteiger partial charge in [0.1, 0.15) is 6.04 Å². The number of nitrogens with zero attached hydrogens (tertiary/aromatic N) is 3. The molecule has 1 aromatic rings. The van der Waals surface area contributed by atoms with Crippen LogP contribution in [0.3, 0.4) is 0 Å². The summed E-state index contributed by atoms with van der Waals surface area (Å²) in [7, 11) is 5.62. The topological polar surface area (TPSA) is 50.2 Å². The van der Waals surface area contributed by atoms with Gasteiger partial charge in [0.15, 0.2) is 0 Å². The maximum atomic E-state index is 12.6. The minimum atomic E-state index is -0.291. The van der Waals surface area contributed by atoms with E-state index in [1.807, 2.05) is 32.2 Å². The summed E-state index contributed by atoms with van der Waals surface area (Å²) in [5, 5.41) is 7.25. The summed E-state index contributed by atoms with van der Waals surface area (Å²) in [6, 6.07) is 0.106. The first kappa shape index (κ1) is 14.1. The number of carbonyl (C=O) groups excluding carboxylic acids is 1. The molecule has 19 heavy (non-hydrogen) atoms. The fraction of sp³-hybridized carbons (Fsp3) is 0.714. The molecule has 2 rings (SSSR count). The van der Waals surface area contributed by atoms with Crippen LogP contribution in [0, 0.1) is 0 Å². The molecule has 1 N–H and O–H groups in total. The maximum Gasteiger partial charge on any atom is 0.244 e. The van der Waals surface area contributed by atoms with Gasteiger partial charge >= 0.3 is 0 Å². The normalized spacial score (nSPS) is 18.3. The van der Waals surface area contributed by atoms with Crippen LogP contribution in [-0.2, 0) is 11.8 Å². The number of carbonyl (C=O) groups is 1. The van der Waals surface area contributed by atoms with Crippen LogP contribution in [0.15, 0.2) is 12.4 Å². The average molecular weight is 264 g/mol. The number of aromatic nitrogens is 2.